The Kier molecular flexibility index (Phi) is 7.00. The summed E-state index contributed by atoms with van der Waals surface area (Å²) in [5.41, 5.74) is 1.96. The highest BCUT2D eigenvalue weighted by Gasteiger charge is 2.13. The van der Waals surface area contributed by atoms with Crippen molar-refractivity contribution in [1.29, 1.82) is 0 Å². The first-order valence-electron chi connectivity index (χ1n) is 8.67. The SMILES string of the molecule is COc1ccc(Cc2nnc(SCC(=O)Nc3ccccc3SC)n2C)cc1. The highest BCUT2D eigenvalue weighted by atomic mass is 32.2. The summed E-state index contributed by atoms with van der Waals surface area (Å²) in [5, 5.41) is 12.2. The van der Waals surface area contributed by atoms with Crippen molar-refractivity contribution in [1.82, 2.24) is 14.8 Å². The highest BCUT2D eigenvalue weighted by Crippen LogP contribution is 2.25. The van der Waals surface area contributed by atoms with Crippen LogP contribution in [0.3, 0.4) is 0 Å². The Bertz CT molecular complexity index is 942. The Morgan fingerprint density at radius 3 is 2.61 bits per heavy atom. The van der Waals surface area contributed by atoms with Gasteiger partial charge in [-0.05, 0) is 36.1 Å². The summed E-state index contributed by atoms with van der Waals surface area (Å²) >= 11 is 2.98. The summed E-state index contributed by atoms with van der Waals surface area (Å²) in [6.45, 7) is 0. The van der Waals surface area contributed by atoms with E-state index in [4.69, 9.17) is 4.74 Å². The predicted molar refractivity (Wildman–Crippen MR) is 114 cm³/mol. The first-order chi connectivity index (χ1) is 13.6. The second-order valence-electron chi connectivity index (χ2n) is 6.02. The van der Waals surface area contributed by atoms with Gasteiger partial charge in [0.2, 0.25) is 5.91 Å². The van der Waals surface area contributed by atoms with Crippen LogP contribution in [0.25, 0.3) is 0 Å². The number of aromatic nitrogens is 3. The predicted octanol–water partition coefficient (Wildman–Crippen LogP) is 3.87. The lowest BCUT2D eigenvalue weighted by molar-refractivity contribution is -0.113. The van der Waals surface area contributed by atoms with Gasteiger partial charge in [-0.15, -0.1) is 22.0 Å². The summed E-state index contributed by atoms with van der Waals surface area (Å²) < 4.78 is 7.11. The van der Waals surface area contributed by atoms with Gasteiger partial charge in [-0.2, -0.15) is 0 Å². The van der Waals surface area contributed by atoms with Gasteiger partial charge in [0.25, 0.3) is 0 Å². The molecule has 0 aliphatic rings. The van der Waals surface area contributed by atoms with Crippen molar-refractivity contribution in [2.75, 3.05) is 24.4 Å². The molecule has 28 heavy (non-hydrogen) atoms. The van der Waals surface area contributed by atoms with E-state index in [1.165, 1.54) is 11.8 Å². The number of rotatable bonds is 8. The number of amides is 1. The lowest BCUT2D eigenvalue weighted by atomic mass is 10.1. The van der Waals surface area contributed by atoms with Gasteiger partial charge in [0.05, 0.1) is 18.6 Å². The molecule has 1 N–H and O–H groups in total. The van der Waals surface area contributed by atoms with Crippen molar-refractivity contribution < 1.29 is 9.53 Å². The molecule has 2 aromatic carbocycles. The molecule has 0 saturated heterocycles. The third kappa shape index (κ3) is 5.08. The van der Waals surface area contributed by atoms with Gasteiger partial charge in [-0.3, -0.25) is 4.79 Å². The third-order valence-electron chi connectivity index (χ3n) is 4.16. The van der Waals surface area contributed by atoms with Crippen molar-refractivity contribution >= 4 is 35.1 Å². The van der Waals surface area contributed by atoms with Gasteiger partial charge in [-0.1, -0.05) is 36.0 Å². The molecule has 8 heteroatoms. The maximum atomic E-state index is 12.3. The molecule has 6 nitrogen and oxygen atoms in total. The minimum absolute atomic E-state index is 0.0637. The number of nitrogens with one attached hydrogen (secondary N) is 1. The minimum atomic E-state index is -0.0637. The van der Waals surface area contributed by atoms with E-state index in [9.17, 15) is 4.79 Å². The smallest absolute Gasteiger partial charge is 0.234 e. The summed E-state index contributed by atoms with van der Waals surface area (Å²) in [7, 11) is 3.57. The largest absolute Gasteiger partial charge is 0.497 e. The van der Waals surface area contributed by atoms with Crippen LogP contribution in [0.15, 0.2) is 58.6 Å². The number of ether oxygens (including phenoxy) is 1. The molecular weight excluding hydrogens is 392 g/mol. The van der Waals surface area contributed by atoms with Gasteiger partial charge >= 0.3 is 0 Å². The fourth-order valence-electron chi connectivity index (χ4n) is 2.61. The van der Waals surface area contributed by atoms with Gasteiger partial charge in [-0.25, -0.2) is 0 Å². The Labute approximate surface area is 173 Å². The zero-order valence-electron chi connectivity index (χ0n) is 16.0. The van der Waals surface area contributed by atoms with E-state index in [-0.39, 0.29) is 11.7 Å². The third-order valence-corrected chi connectivity index (χ3v) is 5.98. The van der Waals surface area contributed by atoms with E-state index in [1.54, 1.807) is 18.9 Å². The Hall–Kier alpha value is -2.45. The molecule has 1 aromatic heterocycles. The van der Waals surface area contributed by atoms with Gasteiger partial charge in [0.15, 0.2) is 5.16 Å². The summed E-state index contributed by atoms with van der Waals surface area (Å²) in [6, 6.07) is 15.6. The minimum Gasteiger partial charge on any atom is -0.497 e. The van der Waals surface area contributed by atoms with Crippen LogP contribution in [0.5, 0.6) is 5.75 Å². The molecule has 0 unspecified atom stereocenters. The molecular formula is C20H22N4O2S2. The van der Waals surface area contributed by atoms with Crippen LogP contribution in [0.4, 0.5) is 5.69 Å². The number of carbonyl (C=O) groups excluding carboxylic acids is 1. The van der Waals surface area contributed by atoms with Gasteiger partial charge in [0.1, 0.15) is 11.6 Å². The van der Waals surface area contributed by atoms with Crippen LogP contribution >= 0.6 is 23.5 Å². The molecule has 1 amide bonds. The maximum absolute atomic E-state index is 12.3. The topological polar surface area (TPSA) is 69.0 Å². The van der Waals surface area contributed by atoms with Crippen LogP contribution in [0.2, 0.25) is 0 Å². The number of para-hydroxylation sites is 1. The van der Waals surface area contributed by atoms with Gasteiger partial charge < -0.3 is 14.6 Å². The van der Waals surface area contributed by atoms with E-state index < -0.39 is 0 Å². The van der Waals surface area contributed by atoms with E-state index in [0.29, 0.717) is 6.42 Å². The molecule has 3 aromatic rings. The molecule has 3 rings (SSSR count). The quantitative estimate of drug-likeness (QED) is 0.565. The molecule has 0 fully saturated rings. The van der Waals surface area contributed by atoms with E-state index in [0.717, 1.165) is 32.9 Å². The number of carbonyl (C=O) groups is 1. The monoisotopic (exact) mass is 414 g/mol. The van der Waals surface area contributed by atoms with Gasteiger partial charge in [0, 0.05) is 18.4 Å². The zero-order valence-corrected chi connectivity index (χ0v) is 17.6. The molecule has 0 atom stereocenters. The Morgan fingerprint density at radius 1 is 1.14 bits per heavy atom. The van der Waals surface area contributed by atoms with Crippen molar-refractivity contribution in [3.63, 3.8) is 0 Å². The summed E-state index contributed by atoms with van der Waals surface area (Å²) in [5.74, 6) is 1.89. The number of thioether (sulfide) groups is 2. The fourth-order valence-corrected chi connectivity index (χ4v) is 3.90. The number of nitrogens with zero attached hydrogens (tertiary/aromatic N) is 3. The Balaban J connectivity index is 1.58. The van der Waals surface area contributed by atoms with Crippen molar-refractivity contribution in [3.05, 3.63) is 59.9 Å². The van der Waals surface area contributed by atoms with Crippen molar-refractivity contribution in [3.8, 4) is 5.75 Å². The lowest BCUT2D eigenvalue weighted by Gasteiger charge is -2.09. The molecule has 0 saturated carbocycles. The highest BCUT2D eigenvalue weighted by molar-refractivity contribution is 7.99. The summed E-state index contributed by atoms with van der Waals surface area (Å²) in [4.78, 5) is 13.4. The molecule has 0 bridgehead atoms. The number of hydrogen-bond donors (Lipinski definition) is 1. The van der Waals surface area contributed by atoms with Crippen LogP contribution in [0, 0.1) is 0 Å². The average molecular weight is 415 g/mol. The second-order valence-corrected chi connectivity index (χ2v) is 7.81. The van der Waals surface area contributed by atoms with Crippen LogP contribution in [-0.2, 0) is 18.3 Å². The maximum Gasteiger partial charge on any atom is 0.234 e. The van der Waals surface area contributed by atoms with Crippen LogP contribution in [0.1, 0.15) is 11.4 Å². The Morgan fingerprint density at radius 2 is 1.89 bits per heavy atom. The molecule has 0 spiro atoms. The second kappa shape index (κ2) is 9.66. The number of anilines is 1. The fraction of sp³-hybridized carbons (Fsp3) is 0.250. The first-order valence-corrected chi connectivity index (χ1v) is 10.9. The van der Waals surface area contributed by atoms with Crippen LogP contribution < -0.4 is 10.1 Å². The van der Waals surface area contributed by atoms with E-state index in [1.807, 2.05) is 66.4 Å². The van der Waals surface area contributed by atoms with Crippen molar-refractivity contribution in [2.24, 2.45) is 7.05 Å². The number of hydrogen-bond acceptors (Lipinski definition) is 6. The molecule has 146 valence electrons. The number of methoxy groups -OCH3 is 1. The number of benzene rings is 2. The zero-order chi connectivity index (χ0) is 19.9. The van der Waals surface area contributed by atoms with Crippen molar-refractivity contribution in [2.45, 2.75) is 16.5 Å². The standard InChI is InChI=1S/C20H22N4O2S2/c1-24-18(12-14-8-10-15(26-2)11-9-14)22-23-20(24)28-13-19(25)21-16-6-4-5-7-17(16)27-3/h4-11H,12-13H2,1-3H3,(H,21,25). The first kappa shape index (κ1) is 20.3. The summed E-state index contributed by atoms with van der Waals surface area (Å²) in [6.07, 6.45) is 2.66. The lowest BCUT2D eigenvalue weighted by Crippen LogP contribution is -2.15. The normalized spacial score (nSPS) is 10.7. The van der Waals surface area contributed by atoms with E-state index in [2.05, 4.69) is 15.5 Å². The molecule has 0 aliphatic heterocycles. The molecule has 0 radical (unpaired) electrons. The molecule has 1 heterocycles. The van der Waals surface area contributed by atoms with Crippen LogP contribution in [-0.4, -0.2) is 39.8 Å². The average Bonchev–Trinajstić information content (AvgIpc) is 3.07. The van der Waals surface area contributed by atoms with E-state index >= 15 is 0 Å². The molecule has 0 aliphatic carbocycles.